The van der Waals surface area contributed by atoms with E-state index in [1.807, 2.05) is 0 Å². The van der Waals surface area contributed by atoms with Crippen molar-refractivity contribution in [2.45, 2.75) is 70.8 Å². The second-order valence-corrected chi connectivity index (χ2v) is 24.6. The van der Waals surface area contributed by atoms with E-state index in [0.29, 0.717) is 24.5 Å². The molecule has 0 heterocycles. The first-order valence-corrected chi connectivity index (χ1v) is 21.8. The molecule has 1 N–H and O–H groups in total. The Balaban J connectivity index is 0. The van der Waals surface area contributed by atoms with Gasteiger partial charge in [0.2, 0.25) is 0 Å². The van der Waals surface area contributed by atoms with E-state index >= 15 is 0 Å². The van der Waals surface area contributed by atoms with Crippen LogP contribution in [0.1, 0.15) is 12.8 Å². The summed E-state index contributed by atoms with van der Waals surface area (Å²) in [4.78, 5) is 0. The number of hydrogen-bond donors (Lipinski definition) is 1. The summed E-state index contributed by atoms with van der Waals surface area (Å²) in [6, 6.07) is 0.871. The first-order chi connectivity index (χ1) is 12.5. The van der Waals surface area contributed by atoms with Crippen molar-refractivity contribution in [3.63, 3.8) is 0 Å². The van der Waals surface area contributed by atoms with E-state index < -0.39 is 41.4 Å². The van der Waals surface area contributed by atoms with E-state index in [9.17, 15) is 18.1 Å². The van der Waals surface area contributed by atoms with Crippen molar-refractivity contribution in [1.82, 2.24) is 0 Å². The molecule has 0 aromatic rings. The Labute approximate surface area is 207 Å². The fourth-order valence-corrected chi connectivity index (χ4v) is 16.8. The van der Waals surface area contributed by atoms with Crippen LogP contribution in [0.15, 0.2) is 0 Å². The number of ether oxygens (including phenoxy) is 1. The molecule has 0 aromatic carbocycles. The molecule has 0 spiro atoms. The van der Waals surface area contributed by atoms with Crippen LogP contribution in [0.25, 0.3) is 0 Å². The quantitative estimate of drug-likeness (QED) is 0.177. The average molecular weight is 515 g/mol. The Morgan fingerprint density at radius 1 is 1.00 bits per heavy atom. The number of aliphatic hydroxyl groups is 1. The van der Waals surface area contributed by atoms with Crippen LogP contribution < -0.4 is 29.6 Å². The second kappa shape index (κ2) is 14.8. The smallest absolute Gasteiger partial charge is 0.748 e. The summed E-state index contributed by atoms with van der Waals surface area (Å²) in [5.41, 5.74) is 0. The van der Waals surface area contributed by atoms with Gasteiger partial charge in [0, 0.05) is 18.1 Å². The molecule has 29 heavy (non-hydrogen) atoms. The minimum absolute atomic E-state index is 0. The molecule has 0 radical (unpaired) electrons. The number of thioether (sulfide) groups is 1. The van der Waals surface area contributed by atoms with Crippen LogP contribution in [0.2, 0.25) is 51.9 Å². The third-order valence-electron chi connectivity index (χ3n) is 3.27. The van der Waals surface area contributed by atoms with Gasteiger partial charge >= 0.3 is 38.1 Å². The van der Waals surface area contributed by atoms with Gasteiger partial charge in [0.1, 0.15) is 0 Å². The molecule has 0 saturated heterocycles. The van der Waals surface area contributed by atoms with Crippen LogP contribution in [-0.2, 0) is 23.1 Å². The van der Waals surface area contributed by atoms with Gasteiger partial charge in [-0.2, -0.15) is 11.8 Å². The molecule has 0 bridgehead atoms. The Hall–Kier alpha value is 1.75. The maximum atomic E-state index is 10.5. The van der Waals surface area contributed by atoms with Crippen molar-refractivity contribution in [2.75, 3.05) is 30.5 Å². The largest absolute Gasteiger partial charge is 1.00 e. The van der Waals surface area contributed by atoms with Gasteiger partial charge in [0.05, 0.1) is 22.8 Å². The van der Waals surface area contributed by atoms with Crippen molar-refractivity contribution in [1.29, 1.82) is 0 Å². The standard InChI is InChI=1S/C16H40O7S2Si3.Na/c1-26(2,3)22-28(7,23-27(4,5)6)13-8-10-21-14-16(17)15-24-11-9-12-25(18,19)20;/h16-17H,8-15H2,1-7H3,(H,18,19,20);/q;+1/p-1. The maximum Gasteiger partial charge on any atom is 1.00 e. The number of rotatable bonds is 16. The third-order valence-corrected chi connectivity index (χ3v) is 14.9. The monoisotopic (exact) mass is 514 g/mol. The van der Waals surface area contributed by atoms with Crippen molar-refractivity contribution in [3.05, 3.63) is 0 Å². The topological polar surface area (TPSA) is 105 Å². The molecule has 0 saturated carbocycles. The van der Waals surface area contributed by atoms with Gasteiger partial charge in [0.25, 0.3) is 0 Å². The molecule has 1 unspecified atom stereocenters. The summed E-state index contributed by atoms with van der Waals surface area (Å²) >= 11 is 1.43. The molecule has 0 aliphatic carbocycles. The molecule has 170 valence electrons. The van der Waals surface area contributed by atoms with E-state index in [-0.39, 0.29) is 41.9 Å². The zero-order valence-electron chi connectivity index (χ0n) is 19.4. The van der Waals surface area contributed by atoms with Crippen LogP contribution in [0.3, 0.4) is 0 Å². The van der Waals surface area contributed by atoms with Gasteiger partial charge < -0.3 is 22.6 Å². The average Bonchev–Trinajstić information content (AvgIpc) is 2.40. The predicted molar refractivity (Wildman–Crippen MR) is 123 cm³/mol. The molecule has 13 heteroatoms. The fraction of sp³-hybridized carbons (Fsp3) is 1.00. The van der Waals surface area contributed by atoms with Gasteiger partial charge in [0.15, 0.2) is 16.6 Å². The molecule has 0 rings (SSSR count). The van der Waals surface area contributed by atoms with Crippen molar-refractivity contribution in [3.8, 4) is 0 Å². The molecule has 0 aliphatic heterocycles. The van der Waals surface area contributed by atoms with E-state index in [0.717, 1.165) is 12.5 Å². The zero-order chi connectivity index (χ0) is 22.1. The molecule has 7 nitrogen and oxygen atoms in total. The molecular weight excluding hydrogens is 476 g/mol. The molecule has 0 amide bonds. The Bertz CT molecular complexity index is 524. The number of hydrogen-bond acceptors (Lipinski definition) is 8. The summed E-state index contributed by atoms with van der Waals surface area (Å²) in [7, 11) is -9.77. The Morgan fingerprint density at radius 2 is 1.52 bits per heavy atom. The van der Waals surface area contributed by atoms with Crippen LogP contribution in [0.5, 0.6) is 0 Å². The summed E-state index contributed by atoms with van der Waals surface area (Å²) in [5, 5.41) is 9.92. The molecule has 0 fully saturated rings. The van der Waals surface area contributed by atoms with E-state index in [4.69, 9.17) is 13.0 Å². The van der Waals surface area contributed by atoms with Crippen molar-refractivity contribution < 1.29 is 60.6 Å². The van der Waals surface area contributed by atoms with Gasteiger partial charge in [-0.1, -0.05) is 0 Å². The molecular formula is C16H39NaO7S2Si3. The van der Waals surface area contributed by atoms with E-state index in [1.165, 1.54) is 11.8 Å². The summed E-state index contributed by atoms with van der Waals surface area (Å²) < 4.78 is 50.0. The van der Waals surface area contributed by atoms with Gasteiger partial charge in [-0.15, -0.1) is 0 Å². The van der Waals surface area contributed by atoms with Crippen LogP contribution in [0.4, 0.5) is 0 Å². The van der Waals surface area contributed by atoms with Crippen molar-refractivity contribution in [2.24, 2.45) is 0 Å². The Kier molecular flexibility index (Phi) is 16.8. The van der Waals surface area contributed by atoms with Gasteiger partial charge in [-0.05, 0) is 70.5 Å². The molecule has 1 atom stereocenters. The minimum atomic E-state index is -4.14. The summed E-state index contributed by atoms with van der Waals surface area (Å²) in [6.07, 6.45) is 0.536. The Morgan fingerprint density at radius 3 is 1.97 bits per heavy atom. The van der Waals surface area contributed by atoms with Crippen LogP contribution in [0, 0.1) is 0 Å². The molecule has 0 aromatic heterocycles. The zero-order valence-corrected chi connectivity index (χ0v) is 26.1. The van der Waals surface area contributed by atoms with Gasteiger partial charge in [-0.25, -0.2) is 8.42 Å². The maximum absolute atomic E-state index is 10.5. The van der Waals surface area contributed by atoms with E-state index in [1.54, 1.807) is 0 Å². The van der Waals surface area contributed by atoms with Gasteiger partial charge in [-0.3, -0.25) is 0 Å². The second-order valence-electron chi connectivity index (χ2n) is 9.09. The van der Waals surface area contributed by atoms with E-state index in [2.05, 4.69) is 45.8 Å². The fourth-order valence-electron chi connectivity index (χ4n) is 2.74. The SMILES string of the molecule is C[Si](C)(C)O[Si](C)(CCCOCC(O)CSCCCS(=O)(=O)[O-])O[Si](C)(C)C.[Na+]. The van der Waals surface area contributed by atoms with Crippen LogP contribution in [-0.4, -0.2) is 79.8 Å². The summed E-state index contributed by atoms with van der Waals surface area (Å²) in [5.74, 6) is 0.641. The minimum Gasteiger partial charge on any atom is -0.748 e. The summed E-state index contributed by atoms with van der Waals surface area (Å²) in [6.45, 7) is 16.0. The third kappa shape index (κ3) is 22.7. The van der Waals surface area contributed by atoms with Crippen LogP contribution >= 0.6 is 11.8 Å². The number of aliphatic hydroxyl groups excluding tert-OH is 1. The predicted octanol–water partition coefficient (Wildman–Crippen LogP) is 0.202. The van der Waals surface area contributed by atoms with Crippen molar-refractivity contribution >= 4 is 47.1 Å². The normalized spacial score (nSPS) is 14.5. The molecule has 0 aliphatic rings. The first kappa shape index (κ1) is 32.9. The first-order valence-electron chi connectivity index (χ1n) is 9.69.